The van der Waals surface area contributed by atoms with Gasteiger partial charge in [-0.05, 0) is 48.4 Å². The van der Waals surface area contributed by atoms with Crippen molar-refractivity contribution in [3.63, 3.8) is 0 Å². The van der Waals surface area contributed by atoms with E-state index in [1.165, 1.54) is 0 Å². The summed E-state index contributed by atoms with van der Waals surface area (Å²) in [6, 6.07) is 22.3. The van der Waals surface area contributed by atoms with Crippen molar-refractivity contribution in [2.75, 3.05) is 11.5 Å². The molecule has 0 saturated carbocycles. The molecule has 0 bridgehead atoms. The van der Waals surface area contributed by atoms with Gasteiger partial charge in [-0.15, -0.1) is 0 Å². The predicted molar refractivity (Wildman–Crippen MR) is 129 cm³/mol. The second-order valence-electron chi connectivity index (χ2n) is 8.19. The van der Waals surface area contributed by atoms with Gasteiger partial charge in [0, 0.05) is 5.69 Å². The molecule has 3 aromatic carbocycles. The van der Waals surface area contributed by atoms with Crippen LogP contribution in [0.2, 0.25) is 0 Å². The van der Waals surface area contributed by atoms with Crippen molar-refractivity contribution in [1.82, 2.24) is 0 Å². The Hall–Kier alpha value is -4.19. The number of fused-ring (bicyclic) bond motifs is 2. The number of unbranched alkanes of at least 4 members (excludes halogenated alkanes) is 1. The molecule has 170 valence electrons. The van der Waals surface area contributed by atoms with Gasteiger partial charge in [-0.3, -0.25) is 14.5 Å². The van der Waals surface area contributed by atoms with Crippen LogP contribution in [-0.4, -0.2) is 18.5 Å². The number of benzene rings is 3. The molecule has 0 saturated heterocycles. The Morgan fingerprint density at radius 1 is 0.941 bits per heavy atom. The van der Waals surface area contributed by atoms with Crippen molar-refractivity contribution in [3.05, 3.63) is 112 Å². The minimum absolute atomic E-state index is 0.0422. The lowest BCUT2D eigenvalue weighted by Gasteiger charge is -2.25. The molecule has 0 aliphatic carbocycles. The van der Waals surface area contributed by atoms with Crippen LogP contribution in [0.1, 0.15) is 57.8 Å². The van der Waals surface area contributed by atoms with Gasteiger partial charge in [0.2, 0.25) is 5.76 Å². The molecule has 0 fully saturated rings. The SMILES string of the molecule is CCCCOC(=O)c1ccc(N2C(=O)c3oc4ccccc4c(=O)c3C2c2ccccc2)cc1. The van der Waals surface area contributed by atoms with E-state index < -0.39 is 17.9 Å². The van der Waals surface area contributed by atoms with Crippen molar-refractivity contribution in [2.45, 2.75) is 25.8 Å². The minimum atomic E-state index is -0.646. The molecular weight excluding hydrogens is 430 g/mol. The first-order valence-electron chi connectivity index (χ1n) is 11.3. The molecule has 5 rings (SSSR count). The largest absolute Gasteiger partial charge is 0.462 e. The van der Waals surface area contributed by atoms with Gasteiger partial charge in [0.15, 0.2) is 5.43 Å². The van der Waals surface area contributed by atoms with Gasteiger partial charge in [0.1, 0.15) is 5.58 Å². The average molecular weight is 453 g/mol. The van der Waals surface area contributed by atoms with Crippen LogP contribution in [0.3, 0.4) is 0 Å². The molecule has 0 N–H and O–H groups in total. The lowest BCUT2D eigenvalue weighted by atomic mass is 9.98. The van der Waals surface area contributed by atoms with Crippen molar-refractivity contribution in [1.29, 1.82) is 0 Å². The summed E-state index contributed by atoms with van der Waals surface area (Å²) in [4.78, 5) is 40.9. The number of para-hydroxylation sites is 1. The molecule has 1 atom stereocenters. The van der Waals surface area contributed by atoms with Gasteiger partial charge in [0.05, 0.1) is 29.2 Å². The van der Waals surface area contributed by atoms with Crippen LogP contribution < -0.4 is 10.3 Å². The number of carbonyl (C=O) groups excluding carboxylic acids is 2. The van der Waals surface area contributed by atoms with Crippen molar-refractivity contribution < 1.29 is 18.7 Å². The van der Waals surface area contributed by atoms with E-state index in [1.807, 2.05) is 37.3 Å². The van der Waals surface area contributed by atoms with Crippen LogP contribution in [0.25, 0.3) is 11.0 Å². The summed E-state index contributed by atoms with van der Waals surface area (Å²) in [5.74, 6) is -0.760. The number of esters is 1. The van der Waals surface area contributed by atoms with Crippen molar-refractivity contribution in [2.24, 2.45) is 0 Å². The Labute approximate surface area is 196 Å². The monoisotopic (exact) mass is 453 g/mol. The van der Waals surface area contributed by atoms with Crippen LogP contribution in [-0.2, 0) is 4.74 Å². The van der Waals surface area contributed by atoms with E-state index in [4.69, 9.17) is 9.15 Å². The topological polar surface area (TPSA) is 76.8 Å². The van der Waals surface area contributed by atoms with E-state index in [2.05, 4.69) is 0 Å². The third-order valence-electron chi connectivity index (χ3n) is 6.01. The van der Waals surface area contributed by atoms with Crippen LogP contribution in [0.4, 0.5) is 5.69 Å². The van der Waals surface area contributed by atoms with E-state index >= 15 is 0 Å². The average Bonchev–Trinajstić information content (AvgIpc) is 3.17. The number of nitrogens with zero attached hydrogens (tertiary/aromatic N) is 1. The van der Waals surface area contributed by atoms with Crippen LogP contribution in [0.15, 0.2) is 88.1 Å². The number of amides is 1. The van der Waals surface area contributed by atoms with Gasteiger partial charge in [0.25, 0.3) is 5.91 Å². The maximum atomic E-state index is 13.6. The zero-order valence-electron chi connectivity index (χ0n) is 18.7. The predicted octanol–water partition coefficient (Wildman–Crippen LogP) is 5.50. The van der Waals surface area contributed by atoms with Crippen molar-refractivity contribution >= 4 is 28.5 Å². The molecule has 1 amide bonds. The number of anilines is 1. The molecule has 0 spiro atoms. The Balaban J connectivity index is 1.59. The highest BCUT2D eigenvalue weighted by molar-refractivity contribution is 6.10. The summed E-state index contributed by atoms with van der Waals surface area (Å²) in [7, 11) is 0. The zero-order valence-corrected chi connectivity index (χ0v) is 18.7. The summed E-state index contributed by atoms with van der Waals surface area (Å²) >= 11 is 0. The normalized spacial score (nSPS) is 14.9. The molecule has 0 radical (unpaired) electrons. The summed E-state index contributed by atoms with van der Waals surface area (Å²) in [5, 5.41) is 0.432. The Kier molecular flexibility index (Phi) is 5.72. The second kappa shape index (κ2) is 8.98. The summed E-state index contributed by atoms with van der Waals surface area (Å²) < 4.78 is 11.2. The highest BCUT2D eigenvalue weighted by Gasteiger charge is 2.43. The molecule has 1 aromatic heterocycles. The first-order chi connectivity index (χ1) is 16.6. The van der Waals surface area contributed by atoms with Crippen LogP contribution >= 0.6 is 0 Å². The molecular formula is C28H23NO5. The molecule has 1 aliphatic heterocycles. The zero-order chi connectivity index (χ0) is 23.7. The molecule has 34 heavy (non-hydrogen) atoms. The fourth-order valence-electron chi connectivity index (χ4n) is 4.29. The third-order valence-corrected chi connectivity index (χ3v) is 6.01. The van der Waals surface area contributed by atoms with Crippen molar-refractivity contribution in [3.8, 4) is 0 Å². The Bertz CT molecular complexity index is 1420. The highest BCUT2D eigenvalue weighted by atomic mass is 16.5. The molecule has 6 heteroatoms. The lowest BCUT2D eigenvalue weighted by Crippen LogP contribution is -2.29. The fraction of sp³-hybridized carbons (Fsp3) is 0.179. The summed E-state index contributed by atoms with van der Waals surface area (Å²) in [6.45, 7) is 2.40. The standard InChI is InChI=1S/C28H23NO5/c1-2-3-17-33-28(32)19-13-15-20(16-14-19)29-24(18-9-5-4-6-10-18)23-25(30)21-11-7-8-12-22(21)34-26(23)27(29)31/h4-16,24H,2-3,17H2,1H3. The second-order valence-corrected chi connectivity index (χ2v) is 8.19. The van der Waals surface area contributed by atoms with Gasteiger partial charge < -0.3 is 9.15 Å². The first-order valence-corrected chi connectivity index (χ1v) is 11.3. The molecule has 6 nitrogen and oxygen atoms in total. The van der Waals surface area contributed by atoms with Gasteiger partial charge >= 0.3 is 5.97 Å². The molecule has 1 unspecified atom stereocenters. The molecule has 1 aliphatic rings. The third kappa shape index (κ3) is 3.67. The number of ether oxygens (including phenoxy) is 1. The smallest absolute Gasteiger partial charge is 0.338 e. The quantitative estimate of drug-likeness (QED) is 0.285. The number of hydrogen-bond acceptors (Lipinski definition) is 5. The molecule has 4 aromatic rings. The number of carbonyl (C=O) groups is 2. The highest BCUT2D eigenvalue weighted by Crippen LogP contribution is 2.41. The van der Waals surface area contributed by atoms with E-state index in [0.29, 0.717) is 34.4 Å². The fourth-order valence-corrected chi connectivity index (χ4v) is 4.29. The van der Waals surface area contributed by atoms with Crippen LogP contribution in [0.5, 0.6) is 0 Å². The van der Waals surface area contributed by atoms with Gasteiger partial charge in [-0.25, -0.2) is 4.79 Å². The maximum absolute atomic E-state index is 13.6. The van der Waals surface area contributed by atoms with E-state index in [9.17, 15) is 14.4 Å². The number of rotatable bonds is 6. The maximum Gasteiger partial charge on any atom is 0.338 e. The van der Waals surface area contributed by atoms with E-state index in [-0.39, 0.29) is 11.2 Å². The lowest BCUT2D eigenvalue weighted by molar-refractivity contribution is 0.0499. The van der Waals surface area contributed by atoms with Gasteiger partial charge in [-0.1, -0.05) is 55.8 Å². The first kappa shape index (κ1) is 21.6. The summed E-state index contributed by atoms with van der Waals surface area (Å²) in [5.41, 5.74) is 2.22. The summed E-state index contributed by atoms with van der Waals surface area (Å²) in [6.07, 6.45) is 1.74. The van der Waals surface area contributed by atoms with E-state index in [1.54, 1.807) is 53.4 Å². The minimum Gasteiger partial charge on any atom is -0.462 e. The molecule has 2 heterocycles. The van der Waals surface area contributed by atoms with Crippen LogP contribution in [0, 0.1) is 0 Å². The Morgan fingerprint density at radius 3 is 2.38 bits per heavy atom. The number of hydrogen-bond donors (Lipinski definition) is 0. The van der Waals surface area contributed by atoms with Gasteiger partial charge in [-0.2, -0.15) is 0 Å². The van der Waals surface area contributed by atoms with E-state index in [0.717, 1.165) is 18.4 Å². The Morgan fingerprint density at radius 2 is 1.65 bits per heavy atom.